The molecular formula is C18H31N3. The molecule has 3 nitrogen and oxygen atoms in total. The summed E-state index contributed by atoms with van der Waals surface area (Å²) in [6, 6.07) is 2.25. The lowest BCUT2D eigenvalue weighted by atomic mass is 9.77. The Labute approximate surface area is 130 Å². The van der Waals surface area contributed by atoms with Crippen LogP contribution in [-0.4, -0.2) is 25.1 Å². The maximum absolute atomic E-state index is 4.46. The third-order valence-corrected chi connectivity index (χ3v) is 4.76. The number of aromatic nitrogens is 1. The number of anilines is 1. The third-order valence-electron chi connectivity index (χ3n) is 4.76. The maximum atomic E-state index is 4.46. The van der Waals surface area contributed by atoms with Gasteiger partial charge in [-0.15, -0.1) is 0 Å². The van der Waals surface area contributed by atoms with E-state index in [1.54, 1.807) is 0 Å². The highest BCUT2D eigenvalue weighted by molar-refractivity contribution is 5.53. The summed E-state index contributed by atoms with van der Waals surface area (Å²) in [6.45, 7) is 12.5. The molecule has 1 saturated heterocycles. The Balaban J connectivity index is 2.17. The van der Waals surface area contributed by atoms with Gasteiger partial charge in [-0.1, -0.05) is 20.8 Å². The highest BCUT2D eigenvalue weighted by atomic mass is 15.1. The first-order valence-electron chi connectivity index (χ1n) is 8.27. The summed E-state index contributed by atoms with van der Waals surface area (Å²) in [5.74, 6) is 0.832. The molecule has 1 unspecified atom stereocenters. The minimum atomic E-state index is 0.429. The molecule has 0 amide bonds. The minimum absolute atomic E-state index is 0.429. The molecule has 0 saturated carbocycles. The van der Waals surface area contributed by atoms with Crippen molar-refractivity contribution in [1.82, 2.24) is 10.3 Å². The summed E-state index contributed by atoms with van der Waals surface area (Å²) >= 11 is 0. The summed E-state index contributed by atoms with van der Waals surface area (Å²) in [5.41, 5.74) is 4.24. The van der Waals surface area contributed by atoms with Crippen LogP contribution in [0, 0.1) is 18.3 Å². The lowest BCUT2D eigenvalue weighted by Gasteiger charge is -2.30. The Morgan fingerprint density at radius 1 is 1.29 bits per heavy atom. The molecule has 0 aliphatic carbocycles. The van der Waals surface area contributed by atoms with Gasteiger partial charge in [0.25, 0.3) is 0 Å². The average molecular weight is 289 g/mol. The maximum Gasteiger partial charge on any atom is 0.0445 e. The lowest BCUT2D eigenvalue weighted by Crippen LogP contribution is -2.27. The molecule has 118 valence electrons. The van der Waals surface area contributed by atoms with Crippen molar-refractivity contribution in [3.63, 3.8) is 0 Å². The van der Waals surface area contributed by atoms with E-state index in [0.29, 0.717) is 5.41 Å². The van der Waals surface area contributed by atoms with Crippen molar-refractivity contribution in [2.45, 2.75) is 53.5 Å². The Morgan fingerprint density at radius 2 is 2.05 bits per heavy atom. The Hall–Kier alpha value is -1.09. The van der Waals surface area contributed by atoms with Crippen molar-refractivity contribution in [1.29, 1.82) is 0 Å². The van der Waals surface area contributed by atoms with Crippen LogP contribution in [0.5, 0.6) is 0 Å². The van der Waals surface area contributed by atoms with Crippen molar-refractivity contribution < 1.29 is 0 Å². The van der Waals surface area contributed by atoms with Crippen LogP contribution < -0.4 is 10.2 Å². The van der Waals surface area contributed by atoms with E-state index in [0.717, 1.165) is 18.2 Å². The molecule has 3 heteroatoms. The van der Waals surface area contributed by atoms with Crippen LogP contribution in [0.3, 0.4) is 0 Å². The van der Waals surface area contributed by atoms with Crippen molar-refractivity contribution >= 4 is 5.69 Å². The van der Waals surface area contributed by atoms with Crippen molar-refractivity contribution in [3.8, 4) is 0 Å². The molecule has 1 atom stereocenters. The number of pyridine rings is 1. The van der Waals surface area contributed by atoms with Crippen molar-refractivity contribution in [2.24, 2.45) is 11.3 Å². The van der Waals surface area contributed by atoms with Gasteiger partial charge in [0.05, 0.1) is 0 Å². The van der Waals surface area contributed by atoms with E-state index in [4.69, 9.17) is 0 Å². The fraction of sp³-hybridized carbons (Fsp3) is 0.722. The van der Waals surface area contributed by atoms with Gasteiger partial charge in [0, 0.05) is 42.8 Å². The number of aryl methyl sites for hydroxylation is 1. The Bertz CT molecular complexity index is 462. The van der Waals surface area contributed by atoms with Crippen LogP contribution in [0.4, 0.5) is 5.69 Å². The van der Waals surface area contributed by atoms with E-state index in [9.17, 15) is 0 Å². The van der Waals surface area contributed by atoms with Gasteiger partial charge in [0.2, 0.25) is 0 Å². The van der Waals surface area contributed by atoms with Gasteiger partial charge < -0.3 is 10.2 Å². The topological polar surface area (TPSA) is 28.2 Å². The van der Waals surface area contributed by atoms with E-state index in [2.05, 4.69) is 49.0 Å². The van der Waals surface area contributed by atoms with Crippen molar-refractivity contribution in [3.05, 3.63) is 23.5 Å². The summed E-state index contributed by atoms with van der Waals surface area (Å²) in [7, 11) is 2.00. The fourth-order valence-corrected chi connectivity index (χ4v) is 3.40. The molecule has 0 bridgehead atoms. The smallest absolute Gasteiger partial charge is 0.0445 e. The molecule has 21 heavy (non-hydrogen) atoms. The zero-order chi connectivity index (χ0) is 15.5. The van der Waals surface area contributed by atoms with Gasteiger partial charge in [0.15, 0.2) is 0 Å². The van der Waals surface area contributed by atoms with E-state index in [1.807, 2.05) is 13.2 Å². The molecule has 1 aromatic heterocycles. The fourth-order valence-electron chi connectivity index (χ4n) is 3.40. The van der Waals surface area contributed by atoms with Crippen molar-refractivity contribution in [2.75, 3.05) is 25.0 Å². The normalized spacial score (nSPS) is 20.4. The van der Waals surface area contributed by atoms with Gasteiger partial charge in [0.1, 0.15) is 0 Å². The molecule has 1 aliphatic heterocycles. The molecule has 2 heterocycles. The van der Waals surface area contributed by atoms with E-state index in [-0.39, 0.29) is 0 Å². The van der Waals surface area contributed by atoms with Gasteiger partial charge in [-0.3, -0.25) is 4.98 Å². The van der Waals surface area contributed by atoms with Gasteiger partial charge in [-0.2, -0.15) is 0 Å². The summed E-state index contributed by atoms with van der Waals surface area (Å²) < 4.78 is 0. The Kier molecular flexibility index (Phi) is 5.26. The van der Waals surface area contributed by atoms with Crippen LogP contribution in [0.2, 0.25) is 0 Å². The summed E-state index contributed by atoms with van der Waals surface area (Å²) in [5, 5.41) is 3.26. The molecule has 1 N–H and O–H groups in total. The van der Waals surface area contributed by atoms with Crippen LogP contribution in [0.1, 0.15) is 51.3 Å². The third kappa shape index (κ3) is 4.19. The molecule has 1 aliphatic rings. The largest absolute Gasteiger partial charge is 0.371 e. The second-order valence-electron chi connectivity index (χ2n) is 7.47. The highest BCUT2D eigenvalue weighted by Crippen LogP contribution is 2.35. The molecule has 0 radical (unpaired) electrons. The predicted octanol–water partition coefficient (Wildman–Crippen LogP) is 3.76. The number of rotatable bonds is 3. The number of hydrogen-bond donors (Lipinski definition) is 1. The molecule has 0 spiro atoms. The van der Waals surface area contributed by atoms with Gasteiger partial charge in [-0.05, 0) is 50.6 Å². The second kappa shape index (κ2) is 6.78. The molecule has 1 fully saturated rings. The SMILES string of the molecule is CNCc1cnc(C)cc1N1CCCC(C(C)(C)C)CC1. The zero-order valence-corrected chi connectivity index (χ0v) is 14.4. The molecule has 2 rings (SSSR count). The van der Waals surface area contributed by atoms with E-state index < -0.39 is 0 Å². The number of nitrogens with one attached hydrogen (secondary N) is 1. The average Bonchev–Trinajstić information content (AvgIpc) is 2.66. The second-order valence-corrected chi connectivity index (χ2v) is 7.47. The first kappa shape index (κ1) is 16.3. The molecular weight excluding hydrogens is 258 g/mol. The highest BCUT2D eigenvalue weighted by Gasteiger charge is 2.27. The minimum Gasteiger partial charge on any atom is -0.371 e. The van der Waals surface area contributed by atoms with Gasteiger partial charge in [-0.25, -0.2) is 0 Å². The van der Waals surface area contributed by atoms with Crippen LogP contribution in [0.25, 0.3) is 0 Å². The van der Waals surface area contributed by atoms with Crippen LogP contribution in [0.15, 0.2) is 12.3 Å². The van der Waals surface area contributed by atoms with Gasteiger partial charge >= 0.3 is 0 Å². The standard InChI is InChI=1S/C18H31N3/c1-14-11-17(15(12-19-5)13-20-14)21-9-6-7-16(8-10-21)18(2,3)4/h11,13,16,19H,6-10,12H2,1-5H3. The van der Waals surface area contributed by atoms with E-state index in [1.165, 1.54) is 43.6 Å². The lowest BCUT2D eigenvalue weighted by molar-refractivity contribution is 0.220. The molecule has 1 aromatic rings. The molecule has 0 aromatic carbocycles. The van der Waals surface area contributed by atoms with Crippen LogP contribution in [-0.2, 0) is 6.54 Å². The quantitative estimate of drug-likeness (QED) is 0.918. The Morgan fingerprint density at radius 3 is 2.71 bits per heavy atom. The monoisotopic (exact) mass is 289 g/mol. The number of hydrogen-bond acceptors (Lipinski definition) is 3. The summed E-state index contributed by atoms with van der Waals surface area (Å²) in [6.07, 6.45) is 5.98. The summed E-state index contributed by atoms with van der Waals surface area (Å²) in [4.78, 5) is 7.04. The van der Waals surface area contributed by atoms with Crippen LogP contribution >= 0.6 is 0 Å². The number of nitrogens with zero attached hydrogens (tertiary/aromatic N) is 2. The first-order chi connectivity index (χ1) is 9.91. The first-order valence-corrected chi connectivity index (χ1v) is 8.27. The van der Waals surface area contributed by atoms with E-state index >= 15 is 0 Å². The predicted molar refractivity (Wildman–Crippen MR) is 90.7 cm³/mol. The zero-order valence-electron chi connectivity index (χ0n) is 14.4.